The fourth-order valence-electron chi connectivity index (χ4n) is 5.71. The maximum atomic E-state index is 15.1. The van der Waals surface area contributed by atoms with Gasteiger partial charge in [0.25, 0.3) is 5.91 Å². The minimum atomic E-state index is -0.320. The Labute approximate surface area is 249 Å². The zero-order valence-corrected chi connectivity index (χ0v) is 24.6. The Morgan fingerprint density at radius 3 is 2.79 bits per heavy atom. The van der Waals surface area contributed by atoms with Crippen LogP contribution in [0, 0.1) is 5.82 Å². The molecule has 12 heteroatoms. The highest BCUT2D eigenvalue weighted by Crippen LogP contribution is 2.41. The number of carbonyl (C=O) groups excluding carboxylic acids is 1. The fraction of sp³-hybridized carbons (Fsp3) is 0.419. The second-order valence-electron chi connectivity index (χ2n) is 10.5. The first-order valence-electron chi connectivity index (χ1n) is 14.5. The van der Waals surface area contributed by atoms with Crippen molar-refractivity contribution in [1.29, 1.82) is 0 Å². The van der Waals surface area contributed by atoms with Crippen molar-refractivity contribution in [1.82, 2.24) is 19.5 Å². The van der Waals surface area contributed by atoms with Crippen LogP contribution in [0.5, 0.6) is 11.8 Å². The van der Waals surface area contributed by atoms with E-state index in [1.807, 2.05) is 30.8 Å². The van der Waals surface area contributed by atoms with Gasteiger partial charge in [-0.05, 0) is 35.9 Å². The molecule has 0 aliphatic carbocycles. The molecule has 11 nitrogen and oxygen atoms in total. The number of anilines is 2. The van der Waals surface area contributed by atoms with Gasteiger partial charge in [0.1, 0.15) is 28.8 Å². The van der Waals surface area contributed by atoms with Crippen LogP contribution in [0.2, 0.25) is 0 Å². The highest BCUT2D eigenvalue weighted by Gasteiger charge is 2.37. The molecule has 2 aliphatic heterocycles. The van der Waals surface area contributed by atoms with E-state index in [2.05, 4.69) is 9.88 Å². The summed E-state index contributed by atoms with van der Waals surface area (Å²) in [6.45, 7) is 4.86. The van der Waals surface area contributed by atoms with Gasteiger partial charge in [0.05, 0.1) is 31.1 Å². The number of hydrogen-bond donors (Lipinski definition) is 0. The van der Waals surface area contributed by atoms with Crippen molar-refractivity contribution in [2.45, 2.75) is 32.7 Å². The number of carbonyl (C=O) groups is 1. The molecular formula is C31H35FN6O5. The summed E-state index contributed by atoms with van der Waals surface area (Å²) in [7, 11) is 3.47. The molecular weight excluding hydrogens is 555 g/mol. The van der Waals surface area contributed by atoms with E-state index in [1.165, 1.54) is 13.2 Å². The molecule has 226 valence electrons. The molecule has 2 aromatic carbocycles. The number of aromatic nitrogens is 4. The van der Waals surface area contributed by atoms with Gasteiger partial charge < -0.3 is 33.3 Å². The molecule has 0 atom stereocenters. The lowest BCUT2D eigenvalue weighted by molar-refractivity contribution is 0.0512. The van der Waals surface area contributed by atoms with Crippen molar-refractivity contribution < 1.29 is 28.1 Å². The van der Waals surface area contributed by atoms with E-state index in [4.69, 9.17) is 28.9 Å². The highest BCUT2D eigenvalue weighted by molar-refractivity contribution is 6.16. The van der Waals surface area contributed by atoms with Crippen molar-refractivity contribution in [3.63, 3.8) is 0 Å². The summed E-state index contributed by atoms with van der Waals surface area (Å²) in [5, 5.41) is 1.43. The third-order valence-corrected chi connectivity index (χ3v) is 7.82. The molecule has 2 aliphatic rings. The first-order chi connectivity index (χ1) is 21.0. The van der Waals surface area contributed by atoms with Crippen molar-refractivity contribution in [2.24, 2.45) is 7.05 Å². The lowest BCUT2D eigenvalue weighted by atomic mass is 9.99. The number of imidazole rings is 1. The monoisotopic (exact) mass is 590 g/mol. The molecule has 6 rings (SSSR count). The molecule has 0 unspecified atom stereocenters. The van der Waals surface area contributed by atoms with Crippen LogP contribution < -0.4 is 19.3 Å². The first-order valence-corrected chi connectivity index (χ1v) is 14.5. The third-order valence-electron chi connectivity index (χ3n) is 7.82. The van der Waals surface area contributed by atoms with Crippen LogP contribution in [0.1, 0.15) is 40.8 Å². The molecule has 4 heterocycles. The Balaban J connectivity index is 1.41. The van der Waals surface area contributed by atoms with Gasteiger partial charge in [0, 0.05) is 64.1 Å². The van der Waals surface area contributed by atoms with Gasteiger partial charge in [-0.1, -0.05) is 13.0 Å². The zero-order valence-electron chi connectivity index (χ0n) is 24.6. The topological polar surface area (TPSA) is 104 Å². The third kappa shape index (κ3) is 5.72. The van der Waals surface area contributed by atoms with E-state index in [9.17, 15) is 4.79 Å². The Morgan fingerprint density at radius 1 is 1.12 bits per heavy atom. The minimum absolute atomic E-state index is 0.0343. The van der Waals surface area contributed by atoms with Gasteiger partial charge in [-0.2, -0.15) is 9.97 Å². The average Bonchev–Trinajstić information content (AvgIpc) is 3.44. The molecule has 0 spiro atoms. The van der Waals surface area contributed by atoms with Gasteiger partial charge in [-0.15, -0.1) is 0 Å². The normalized spacial score (nSPS) is 15.2. The molecule has 0 radical (unpaired) electrons. The summed E-state index contributed by atoms with van der Waals surface area (Å²) in [6.07, 6.45) is 5.46. The molecule has 0 saturated carbocycles. The highest BCUT2D eigenvalue weighted by atomic mass is 19.1. The number of aryl methyl sites for hydroxylation is 2. The van der Waals surface area contributed by atoms with Crippen LogP contribution in [0.25, 0.3) is 10.8 Å². The molecule has 1 saturated heterocycles. The summed E-state index contributed by atoms with van der Waals surface area (Å²) in [5.74, 6) is 1.34. The van der Waals surface area contributed by atoms with Crippen molar-refractivity contribution in [2.75, 3.05) is 56.6 Å². The number of ether oxygens (including phenoxy) is 4. The molecule has 0 bridgehead atoms. The largest absolute Gasteiger partial charge is 0.467 e. The summed E-state index contributed by atoms with van der Waals surface area (Å²) < 4.78 is 39.6. The maximum Gasteiger partial charge on any atom is 0.318 e. The van der Waals surface area contributed by atoms with E-state index < -0.39 is 0 Å². The summed E-state index contributed by atoms with van der Waals surface area (Å²) in [6, 6.07) is 6.95. The smallest absolute Gasteiger partial charge is 0.318 e. The lowest BCUT2D eigenvalue weighted by Crippen LogP contribution is -2.30. The van der Waals surface area contributed by atoms with Gasteiger partial charge in [-0.3, -0.25) is 4.79 Å². The van der Waals surface area contributed by atoms with Crippen LogP contribution in [0.3, 0.4) is 0 Å². The number of amides is 1. The van der Waals surface area contributed by atoms with Crippen LogP contribution in [-0.4, -0.2) is 72.2 Å². The number of fused-ring (bicyclic) bond motifs is 2. The molecule has 1 amide bonds. The van der Waals surface area contributed by atoms with E-state index in [-0.39, 0.29) is 31.1 Å². The van der Waals surface area contributed by atoms with Crippen LogP contribution >= 0.6 is 0 Å². The molecule has 43 heavy (non-hydrogen) atoms. The zero-order chi connectivity index (χ0) is 29.9. The van der Waals surface area contributed by atoms with E-state index in [1.54, 1.807) is 23.2 Å². The fourth-order valence-corrected chi connectivity index (χ4v) is 5.71. The summed E-state index contributed by atoms with van der Waals surface area (Å²) >= 11 is 0. The Morgan fingerprint density at radius 2 is 2.00 bits per heavy atom. The number of halogens is 1. The minimum Gasteiger partial charge on any atom is -0.467 e. The molecule has 2 aromatic heterocycles. The Bertz CT molecular complexity index is 1630. The van der Waals surface area contributed by atoms with E-state index >= 15 is 4.39 Å². The quantitative estimate of drug-likeness (QED) is 0.253. The van der Waals surface area contributed by atoms with Crippen molar-refractivity contribution >= 4 is 28.2 Å². The van der Waals surface area contributed by atoms with Crippen molar-refractivity contribution in [3.05, 3.63) is 65.1 Å². The standard InChI is InChI=1S/C31H35FN6O5/c1-4-22-23(32)7-6-20-16-21(43-19-40-3)17-25(27(20)22)38-18-24-28(30(38)39)29(37-10-5-13-41-15-12-37)35-31(34-24)42-14-8-26-33-9-11-36(26)2/h6-7,9,11,16-17H,4-5,8,10,12-15,18-19H2,1-3H3. The van der Waals surface area contributed by atoms with E-state index in [0.717, 1.165) is 17.6 Å². The molecule has 1 fully saturated rings. The Hall–Kier alpha value is -4.29. The predicted octanol–water partition coefficient (Wildman–Crippen LogP) is 4.06. The first kappa shape index (κ1) is 28.8. The van der Waals surface area contributed by atoms with Gasteiger partial charge in [0.15, 0.2) is 6.79 Å². The number of nitrogens with zero attached hydrogens (tertiary/aromatic N) is 6. The average molecular weight is 591 g/mol. The van der Waals surface area contributed by atoms with Crippen LogP contribution in [0.15, 0.2) is 36.7 Å². The summed E-state index contributed by atoms with van der Waals surface area (Å²) in [4.78, 5) is 31.8. The number of benzene rings is 2. The van der Waals surface area contributed by atoms with E-state index in [0.29, 0.717) is 85.2 Å². The number of methoxy groups -OCH3 is 1. The van der Waals surface area contributed by atoms with Crippen LogP contribution in [0.4, 0.5) is 15.9 Å². The lowest BCUT2D eigenvalue weighted by Gasteiger charge is -2.24. The van der Waals surface area contributed by atoms with Crippen LogP contribution in [-0.2, 0) is 35.9 Å². The maximum absolute atomic E-state index is 15.1. The predicted molar refractivity (Wildman–Crippen MR) is 158 cm³/mol. The Kier molecular flexibility index (Phi) is 8.39. The number of hydrogen-bond acceptors (Lipinski definition) is 9. The molecule has 4 aromatic rings. The SMILES string of the molecule is CCc1c(F)ccc2cc(OCOC)cc(N3Cc4nc(OCCc5nccn5C)nc(N5CCCOCC5)c4C3=O)c12. The second-order valence-corrected chi connectivity index (χ2v) is 10.5. The molecule has 0 N–H and O–H groups in total. The number of rotatable bonds is 10. The van der Waals surface area contributed by atoms with Gasteiger partial charge in [-0.25, -0.2) is 9.37 Å². The summed E-state index contributed by atoms with van der Waals surface area (Å²) in [5.41, 5.74) is 2.05. The van der Waals surface area contributed by atoms with Crippen molar-refractivity contribution in [3.8, 4) is 11.8 Å². The van der Waals surface area contributed by atoms with Gasteiger partial charge >= 0.3 is 6.01 Å². The van der Waals surface area contributed by atoms with Gasteiger partial charge in [0.2, 0.25) is 0 Å². The second kappa shape index (κ2) is 12.5.